The molecule has 1 radical (unpaired) electrons. The van der Waals surface area contributed by atoms with E-state index in [4.69, 9.17) is 5.26 Å². The van der Waals surface area contributed by atoms with Gasteiger partial charge in [0.15, 0.2) is 0 Å². The smallest absolute Gasteiger partial charge is 0.0985 e. The van der Waals surface area contributed by atoms with E-state index >= 15 is 0 Å². The number of nitriles is 1. The molecule has 0 amide bonds. The molecule has 1 unspecified atom stereocenters. The van der Waals surface area contributed by atoms with E-state index in [-0.39, 0.29) is 6.04 Å². The maximum absolute atomic E-state index is 8.22. The summed E-state index contributed by atoms with van der Waals surface area (Å²) >= 11 is 0. The lowest BCUT2D eigenvalue weighted by molar-refractivity contribution is 0.781. The number of rotatable bonds is 0. The highest BCUT2D eigenvalue weighted by Gasteiger charge is 2.11. The van der Waals surface area contributed by atoms with E-state index in [2.05, 4.69) is 11.4 Å². The predicted octanol–water partition coefficient (Wildman–Crippen LogP) is 0.0762. The van der Waals surface area contributed by atoms with Gasteiger partial charge in [0.2, 0.25) is 0 Å². The van der Waals surface area contributed by atoms with Gasteiger partial charge in [-0.15, -0.1) is 0 Å². The third kappa shape index (κ3) is 0.908. The fourth-order valence-electron chi connectivity index (χ4n) is 0.671. The van der Waals surface area contributed by atoms with E-state index < -0.39 is 0 Å². The fourth-order valence-corrected chi connectivity index (χ4v) is 0.671. The molecule has 2 heteroatoms. The van der Waals surface area contributed by atoms with Crippen LogP contribution < -0.4 is 5.32 Å². The van der Waals surface area contributed by atoms with E-state index in [1.807, 2.05) is 6.42 Å². The van der Waals surface area contributed by atoms with Crippen LogP contribution in [-0.4, -0.2) is 12.6 Å². The van der Waals surface area contributed by atoms with Crippen LogP contribution in [-0.2, 0) is 0 Å². The van der Waals surface area contributed by atoms with Crippen LogP contribution in [0.15, 0.2) is 0 Å². The Morgan fingerprint density at radius 2 is 2.71 bits per heavy atom. The minimum atomic E-state index is 0.0278. The number of hydrogen-bond acceptors (Lipinski definition) is 2. The Hall–Kier alpha value is -0.550. The van der Waals surface area contributed by atoms with Crippen LogP contribution in [0.2, 0.25) is 0 Å². The van der Waals surface area contributed by atoms with Crippen molar-refractivity contribution in [2.75, 3.05) is 6.54 Å². The van der Waals surface area contributed by atoms with Gasteiger partial charge in [0, 0.05) is 0 Å². The molecule has 1 atom stereocenters. The average molecular weight is 95.1 g/mol. The van der Waals surface area contributed by atoms with Gasteiger partial charge in [-0.3, -0.25) is 0 Å². The SMILES string of the molecule is N#CC1[CH]CCN1. The van der Waals surface area contributed by atoms with Crippen LogP contribution in [0.4, 0.5) is 0 Å². The molecule has 0 aromatic carbocycles. The minimum Gasteiger partial charge on any atom is -0.302 e. The molecule has 0 bridgehead atoms. The second-order valence-corrected chi connectivity index (χ2v) is 1.59. The molecule has 1 fully saturated rings. The summed E-state index contributed by atoms with van der Waals surface area (Å²) in [6, 6.07) is 2.12. The van der Waals surface area contributed by atoms with E-state index in [1.165, 1.54) is 0 Å². The largest absolute Gasteiger partial charge is 0.302 e. The molecular weight excluding hydrogens is 88.1 g/mol. The highest BCUT2D eigenvalue weighted by molar-refractivity contribution is 5.04. The molecule has 0 aromatic heterocycles. The summed E-state index contributed by atoms with van der Waals surface area (Å²) in [6.45, 7) is 0.970. The zero-order valence-electron chi connectivity index (χ0n) is 4.02. The molecule has 0 aliphatic carbocycles. The van der Waals surface area contributed by atoms with Crippen molar-refractivity contribution in [1.29, 1.82) is 5.26 Å². The first-order chi connectivity index (χ1) is 3.43. The van der Waals surface area contributed by atoms with Gasteiger partial charge in [-0.1, -0.05) is 0 Å². The lowest BCUT2D eigenvalue weighted by Gasteiger charge is -1.91. The van der Waals surface area contributed by atoms with Crippen LogP contribution in [0, 0.1) is 17.8 Å². The van der Waals surface area contributed by atoms with Crippen LogP contribution in [0.1, 0.15) is 6.42 Å². The molecule has 0 saturated carbocycles. The predicted molar refractivity (Wildman–Crippen MR) is 26.3 cm³/mol. The minimum absolute atomic E-state index is 0.0278. The van der Waals surface area contributed by atoms with Gasteiger partial charge in [0.05, 0.1) is 12.1 Å². The molecular formula is C5H7N2. The van der Waals surface area contributed by atoms with Crippen molar-refractivity contribution in [3.63, 3.8) is 0 Å². The monoisotopic (exact) mass is 95.1 g/mol. The quantitative estimate of drug-likeness (QED) is 0.462. The topological polar surface area (TPSA) is 35.8 Å². The van der Waals surface area contributed by atoms with Crippen LogP contribution in [0.25, 0.3) is 0 Å². The summed E-state index contributed by atoms with van der Waals surface area (Å²) < 4.78 is 0. The number of nitrogens with one attached hydrogen (secondary N) is 1. The van der Waals surface area contributed by atoms with E-state index in [0.29, 0.717) is 0 Å². The molecule has 0 aromatic rings. The molecule has 1 aliphatic rings. The Morgan fingerprint density at radius 3 is 3.00 bits per heavy atom. The summed E-state index contributed by atoms with van der Waals surface area (Å²) in [5, 5.41) is 11.2. The van der Waals surface area contributed by atoms with Gasteiger partial charge in [-0.25, -0.2) is 0 Å². The highest BCUT2D eigenvalue weighted by Crippen LogP contribution is 1.99. The van der Waals surface area contributed by atoms with E-state index in [1.54, 1.807) is 0 Å². The zero-order valence-corrected chi connectivity index (χ0v) is 4.02. The standard InChI is InChI=1S/C5H7N2/c6-4-5-2-1-3-7-5/h2,5,7H,1,3H2. The van der Waals surface area contributed by atoms with Gasteiger partial charge in [0.1, 0.15) is 0 Å². The third-order valence-electron chi connectivity index (χ3n) is 1.05. The molecule has 0 spiro atoms. The molecule has 2 nitrogen and oxygen atoms in total. The molecule has 1 N–H and O–H groups in total. The van der Waals surface area contributed by atoms with E-state index in [9.17, 15) is 0 Å². The zero-order chi connectivity index (χ0) is 5.11. The van der Waals surface area contributed by atoms with Crippen molar-refractivity contribution in [3.8, 4) is 6.07 Å². The first-order valence-corrected chi connectivity index (χ1v) is 2.40. The van der Waals surface area contributed by atoms with E-state index in [0.717, 1.165) is 13.0 Å². The number of hydrogen-bond donors (Lipinski definition) is 1. The molecule has 37 valence electrons. The lowest BCUT2D eigenvalue weighted by Crippen LogP contribution is -2.18. The van der Waals surface area contributed by atoms with Gasteiger partial charge in [-0.05, 0) is 19.4 Å². The molecule has 1 rings (SSSR count). The Labute approximate surface area is 43.1 Å². The van der Waals surface area contributed by atoms with Gasteiger partial charge >= 0.3 is 0 Å². The first-order valence-electron chi connectivity index (χ1n) is 2.40. The Morgan fingerprint density at radius 1 is 1.86 bits per heavy atom. The van der Waals surface area contributed by atoms with Crippen molar-refractivity contribution in [3.05, 3.63) is 6.42 Å². The lowest BCUT2D eigenvalue weighted by atomic mass is 10.2. The Balaban J connectivity index is 2.31. The first kappa shape index (κ1) is 4.61. The molecule has 1 saturated heterocycles. The summed E-state index contributed by atoms with van der Waals surface area (Å²) in [6.07, 6.45) is 3.03. The number of nitrogens with zero attached hydrogens (tertiary/aromatic N) is 1. The maximum Gasteiger partial charge on any atom is 0.0985 e. The average Bonchev–Trinajstić information content (AvgIpc) is 2.14. The van der Waals surface area contributed by atoms with Crippen LogP contribution in [0.5, 0.6) is 0 Å². The summed E-state index contributed by atoms with van der Waals surface area (Å²) in [7, 11) is 0. The van der Waals surface area contributed by atoms with Crippen LogP contribution >= 0.6 is 0 Å². The van der Waals surface area contributed by atoms with Crippen molar-refractivity contribution < 1.29 is 0 Å². The molecule has 1 aliphatic heterocycles. The normalized spacial score (nSPS) is 29.9. The van der Waals surface area contributed by atoms with Crippen molar-refractivity contribution >= 4 is 0 Å². The van der Waals surface area contributed by atoms with Gasteiger partial charge in [-0.2, -0.15) is 5.26 Å². The maximum atomic E-state index is 8.22. The van der Waals surface area contributed by atoms with Crippen molar-refractivity contribution in [2.24, 2.45) is 0 Å². The van der Waals surface area contributed by atoms with Gasteiger partial charge in [0.25, 0.3) is 0 Å². The van der Waals surface area contributed by atoms with Gasteiger partial charge < -0.3 is 5.32 Å². The third-order valence-corrected chi connectivity index (χ3v) is 1.05. The van der Waals surface area contributed by atoms with Crippen molar-refractivity contribution in [1.82, 2.24) is 5.32 Å². The Bertz CT molecular complexity index is 86.7. The van der Waals surface area contributed by atoms with Crippen molar-refractivity contribution in [2.45, 2.75) is 12.5 Å². The summed E-state index contributed by atoms with van der Waals surface area (Å²) in [5.41, 5.74) is 0. The van der Waals surface area contributed by atoms with Crippen LogP contribution in [0.3, 0.4) is 0 Å². The second kappa shape index (κ2) is 1.94. The molecule has 7 heavy (non-hydrogen) atoms. The highest BCUT2D eigenvalue weighted by atomic mass is 14.9. The summed E-state index contributed by atoms with van der Waals surface area (Å²) in [5.74, 6) is 0. The molecule has 1 heterocycles. The fraction of sp³-hybridized carbons (Fsp3) is 0.600. The summed E-state index contributed by atoms with van der Waals surface area (Å²) in [4.78, 5) is 0. The second-order valence-electron chi connectivity index (χ2n) is 1.59. The Kier molecular flexibility index (Phi) is 1.28.